The van der Waals surface area contributed by atoms with Crippen LogP contribution in [-0.4, -0.2) is 75.1 Å². The summed E-state index contributed by atoms with van der Waals surface area (Å²) in [7, 11) is 3.96. The fourth-order valence-corrected chi connectivity index (χ4v) is 3.88. The summed E-state index contributed by atoms with van der Waals surface area (Å²) >= 11 is 0. The molecule has 1 atom stereocenters. The summed E-state index contributed by atoms with van der Waals surface area (Å²) in [6, 6.07) is 7.78. The minimum atomic E-state index is 0.0999. The third kappa shape index (κ3) is 5.22. The SMILES string of the molecule is CN(C)c1cccc(C(=O)N2CCCC(CCC(=O)N3CCOCC3)C2)c1. The lowest BCUT2D eigenvalue weighted by Gasteiger charge is -2.33. The van der Waals surface area contributed by atoms with Gasteiger partial charge in [-0.1, -0.05) is 6.07 Å². The number of rotatable bonds is 5. The van der Waals surface area contributed by atoms with Crippen molar-refractivity contribution in [3.63, 3.8) is 0 Å². The van der Waals surface area contributed by atoms with Crippen LogP contribution in [0.2, 0.25) is 0 Å². The number of carbonyl (C=O) groups is 2. The highest BCUT2D eigenvalue weighted by molar-refractivity contribution is 5.95. The summed E-state index contributed by atoms with van der Waals surface area (Å²) in [6.45, 7) is 4.25. The maximum absolute atomic E-state index is 12.9. The number of carbonyl (C=O) groups excluding carboxylic acids is 2. The predicted molar refractivity (Wildman–Crippen MR) is 106 cm³/mol. The van der Waals surface area contributed by atoms with E-state index in [4.69, 9.17) is 4.74 Å². The smallest absolute Gasteiger partial charge is 0.253 e. The number of anilines is 1. The fourth-order valence-electron chi connectivity index (χ4n) is 3.88. The first-order valence-corrected chi connectivity index (χ1v) is 9.97. The fraction of sp³-hybridized carbons (Fsp3) is 0.619. The predicted octanol–water partition coefficient (Wildman–Crippen LogP) is 2.24. The second kappa shape index (κ2) is 9.22. The lowest BCUT2D eigenvalue weighted by Crippen LogP contribution is -2.42. The molecule has 2 aliphatic rings. The molecule has 0 aliphatic carbocycles. The molecule has 0 N–H and O–H groups in total. The Labute approximate surface area is 162 Å². The van der Waals surface area contributed by atoms with Crippen molar-refractivity contribution in [3.8, 4) is 0 Å². The standard InChI is InChI=1S/C21H31N3O3/c1-22(2)19-7-3-6-18(15-19)21(26)24-10-4-5-17(16-24)8-9-20(25)23-11-13-27-14-12-23/h3,6-7,15,17H,4-5,8-14,16H2,1-2H3. The first kappa shape index (κ1) is 19.7. The first-order valence-electron chi connectivity index (χ1n) is 9.97. The van der Waals surface area contributed by atoms with Crippen molar-refractivity contribution in [2.75, 3.05) is 58.4 Å². The van der Waals surface area contributed by atoms with Crippen LogP contribution < -0.4 is 4.90 Å². The molecule has 2 heterocycles. The lowest BCUT2D eigenvalue weighted by molar-refractivity contribution is -0.135. The Kier molecular flexibility index (Phi) is 6.72. The van der Waals surface area contributed by atoms with Gasteiger partial charge in [0, 0.05) is 57.9 Å². The molecule has 1 aromatic rings. The van der Waals surface area contributed by atoms with Gasteiger partial charge in [-0.05, 0) is 43.4 Å². The summed E-state index contributed by atoms with van der Waals surface area (Å²) in [6.07, 6.45) is 3.54. The number of amides is 2. The average Bonchev–Trinajstić information content (AvgIpc) is 2.72. The number of hydrogen-bond acceptors (Lipinski definition) is 4. The maximum atomic E-state index is 12.9. The zero-order valence-corrected chi connectivity index (χ0v) is 16.5. The molecule has 148 valence electrons. The molecule has 2 amide bonds. The van der Waals surface area contributed by atoms with Gasteiger partial charge >= 0.3 is 0 Å². The third-order valence-electron chi connectivity index (χ3n) is 5.55. The first-order chi connectivity index (χ1) is 13.0. The maximum Gasteiger partial charge on any atom is 0.253 e. The highest BCUT2D eigenvalue weighted by atomic mass is 16.5. The Hall–Kier alpha value is -2.08. The zero-order valence-electron chi connectivity index (χ0n) is 16.5. The molecular formula is C21H31N3O3. The van der Waals surface area contributed by atoms with Gasteiger partial charge in [-0.15, -0.1) is 0 Å². The van der Waals surface area contributed by atoms with Gasteiger partial charge in [0.05, 0.1) is 13.2 Å². The van der Waals surface area contributed by atoms with E-state index in [1.807, 2.05) is 53.1 Å². The minimum Gasteiger partial charge on any atom is -0.378 e. The second-order valence-electron chi connectivity index (χ2n) is 7.74. The number of nitrogens with zero attached hydrogens (tertiary/aromatic N) is 3. The van der Waals surface area contributed by atoms with Crippen LogP contribution in [-0.2, 0) is 9.53 Å². The molecule has 2 fully saturated rings. The van der Waals surface area contributed by atoms with Gasteiger partial charge in [0.15, 0.2) is 0 Å². The molecule has 0 saturated carbocycles. The van der Waals surface area contributed by atoms with E-state index in [9.17, 15) is 9.59 Å². The summed E-state index contributed by atoms with van der Waals surface area (Å²) in [5.41, 5.74) is 1.77. The molecule has 0 spiro atoms. The Morgan fingerprint density at radius 3 is 2.67 bits per heavy atom. The second-order valence-corrected chi connectivity index (χ2v) is 7.74. The molecule has 0 radical (unpaired) electrons. The topological polar surface area (TPSA) is 53.1 Å². The molecule has 1 aromatic carbocycles. The summed E-state index contributed by atoms with van der Waals surface area (Å²) in [5.74, 6) is 0.730. The number of benzene rings is 1. The third-order valence-corrected chi connectivity index (χ3v) is 5.55. The normalized spacial score (nSPS) is 20.4. The number of ether oxygens (including phenoxy) is 1. The Morgan fingerprint density at radius 1 is 1.15 bits per heavy atom. The number of likely N-dealkylation sites (tertiary alicyclic amines) is 1. The van der Waals surface area contributed by atoms with Crippen LogP contribution in [0, 0.1) is 5.92 Å². The van der Waals surface area contributed by atoms with Crippen molar-refractivity contribution in [2.45, 2.75) is 25.7 Å². The summed E-state index contributed by atoms with van der Waals surface area (Å²) < 4.78 is 5.31. The van der Waals surface area contributed by atoms with E-state index < -0.39 is 0 Å². The minimum absolute atomic E-state index is 0.0999. The number of hydrogen-bond donors (Lipinski definition) is 0. The van der Waals surface area contributed by atoms with Crippen molar-refractivity contribution < 1.29 is 14.3 Å². The van der Waals surface area contributed by atoms with E-state index >= 15 is 0 Å². The Balaban J connectivity index is 1.53. The number of morpholine rings is 1. The van der Waals surface area contributed by atoms with Crippen molar-refractivity contribution in [3.05, 3.63) is 29.8 Å². The average molecular weight is 373 g/mol. The highest BCUT2D eigenvalue weighted by Crippen LogP contribution is 2.24. The summed E-state index contributed by atoms with van der Waals surface area (Å²) in [4.78, 5) is 31.2. The van der Waals surface area contributed by atoms with Crippen LogP contribution in [0.4, 0.5) is 5.69 Å². The number of piperidine rings is 1. The highest BCUT2D eigenvalue weighted by Gasteiger charge is 2.26. The molecule has 3 rings (SSSR count). The quantitative estimate of drug-likeness (QED) is 0.794. The molecule has 0 bridgehead atoms. The van der Waals surface area contributed by atoms with E-state index in [0.717, 1.165) is 43.6 Å². The largest absolute Gasteiger partial charge is 0.378 e. The van der Waals surface area contributed by atoms with Crippen molar-refractivity contribution in [1.29, 1.82) is 0 Å². The van der Waals surface area contributed by atoms with Crippen LogP contribution in [0.5, 0.6) is 0 Å². The molecule has 1 unspecified atom stereocenters. The van der Waals surface area contributed by atoms with Gasteiger partial charge in [0.25, 0.3) is 5.91 Å². The van der Waals surface area contributed by atoms with Crippen LogP contribution in [0.15, 0.2) is 24.3 Å². The van der Waals surface area contributed by atoms with Gasteiger partial charge in [0.2, 0.25) is 5.91 Å². The van der Waals surface area contributed by atoms with Gasteiger partial charge in [-0.25, -0.2) is 0 Å². The van der Waals surface area contributed by atoms with E-state index in [0.29, 0.717) is 38.6 Å². The van der Waals surface area contributed by atoms with Crippen LogP contribution in [0.25, 0.3) is 0 Å². The van der Waals surface area contributed by atoms with Gasteiger partial charge < -0.3 is 19.4 Å². The molecular weight excluding hydrogens is 342 g/mol. The molecule has 0 aromatic heterocycles. The summed E-state index contributed by atoms with van der Waals surface area (Å²) in [5, 5.41) is 0. The van der Waals surface area contributed by atoms with Crippen molar-refractivity contribution in [1.82, 2.24) is 9.80 Å². The van der Waals surface area contributed by atoms with Crippen LogP contribution >= 0.6 is 0 Å². The van der Waals surface area contributed by atoms with Gasteiger partial charge in [0.1, 0.15) is 0 Å². The molecule has 2 aliphatic heterocycles. The molecule has 6 nitrogen and oxygen atoms in total. The molecule has 6 heteroatoms. The van der Waals surface area contributed by atoms with E-state index in [2.05, 4.69) is 0 Å². The van der Waals surface area contributed by atoms with Crippen LogP contribution in [0.1, 0.15) is 36.0 Å². The van der Waals surface area contributed by atoms with E-state index in [1.54, 1.807) is 0 Å². The molecule has 2 saturated heterocycles. The van der Waals surface area contributed by atoms with E-state index in [-0.39, 0.29) is 11.8 Å². The zero-order chi connectivity index (χ0) is 19.2. The monoisotopic (exact) mass is 373 g/mol. The van der Waals surface area contributed by atoms with Crippen molar-refractivity contribution in [2.24, 2.45) is 5.92 Å². The van der Waals surface area contributed by atoms with Crippen molar-refractivity contribution >= 4 is 17.5 Å². The lowest BCUT2D eigenvalue weighted by atomic mass is 9.92. The Bertz CT molecular complexity index is 656. The van der Waals surface area contributed by atoms with E-state index in [1.165, 1.54) is 0 Å². The van der Waals surface area contributed by atoms with Gasteiger partial charge in [-0.2, -0.15) is 0 Å². The van der Waals surface area contributed by atoms with Gasteiger partial charge in [-0.3, -0.25) is 9.59 Å². The molecule has 27 heavy (non-hydrogen) atoms. The Morgan fingerprint density at radius 2 is 1.93 bits per heavy atom. The van der Waals surface area contributed by atoms with Crippen LogP contribution in [0.3, 0.4) is 0 Å².